The van der Waals surface area contributed by atoms with Gasteiger partial charge in [0.25, 0.3) is 0 Å². The van der Waals surface area contributed by atoms with E-state index in [9.17, 15) is 8.42 Å². The minimum Gasteiger partial charge on any atom is -0.378 e. The Bertz CT molecular complexity index is 733. The summed E-state index contributed by atoms with van der Waals surface area (Å²) in [5, 5.41) is 8.22. The van der Waals surface area contributed by atoms with Crippen LogP contribution in [0.2, 0.25) is 0 Å². The molecule has 0 fully saturated rings. The Morgan fingerprint density at radius 2 is 1.24 bits per heavy atom. The van der Waals surface area contributed by atoms with Gasteiger partial charge in [-0.25, -0.2) is 8.42 Å². The molecule has 6 heteroatoms. The number of rotatable bonds is 4. The van der Waals surface area contributed by atoms with Gasteiger partial charge in [-0.1, -0.05) is 0 Å². The molecule has 2 aromatic rings. The molecule has 0 spiro atoms. The lowest BCUT2D eigenvalue weighted by molar-refractivity contribution is 0.602. The van der Waals surface area contributed by atoms with E-state index >= 15 is 0 Å². The molecule has 0 aromatic heterocycles. The highest BCUT2D eigenvalue weighted by Crippen LogP contribution is 2.22. The third kappa shape index (κ3) is 4.13. The second-order valence-electron chi connectivity index (χ2n) is 4.88. The van der Waals surface area contributed by atoms with Crippen LogP contribution in [0.1, 0.15) is 0 Å². The molecule has 0 aliphatic carbocycles. The molecule has 2 aromatic carbocycles. The van der Waals surface area contributed by atoms with Crippen molar-refractivity contribution in [3.63, 3.8) is 0 Å². The van der Waals surface area contributed by atoms with Crippen molar-refractivity contribution in [3.8, 4) is 0 Å². The summed E-state index contributed by atoms with van der Waals surface area (Å²) in [5.41, 5.74) is 2.44. The summed E-state index contributed by atoms with van der Waals surface area (Å²) in [6.45, 7) is 0. The van der Waals surface area contributed by atoms with E-state index in [4.69, 9.17) is 0 Å². The van der Waals surface area contributed by atoms with Crippen LogP contribution in [0.4, 0.5) is 17.1 Å². The first-order chi connectivity index (χ1) is 9.86. The average molecular weight is 303 g/mol. The van der Waals surface area contributed by atoms with Gasteiger partial charge in [0.15, 0.2) is 9.84 Å². The van der Waals surface area contributed by atoms with E-state index in [1.54, 1.807) is 12.1 Å². The summed E-state index contributed by atoms with van der Waals surface area (Å²) >= 11 is 0. The maximum Gasteiger partial charge on any atom is 0.175 e. The monoisotopic (exact) mass is 303 g/mol. The molecule has 0 bridgehead atoms. The summed E-state index contributed by atoms with van der Waals surface area (Å²) in [6.07, 6.45) is 1.18. The largest absolute Gasteiger partial charge is 0.378 e. The van der Waals surface area contributed by atoms with Crippen LogP contribution in [0, 0.1) is 0 Å². The molecule has 110 valence electrons. The van der Waals surface area contributed by atoms with Crippen LogP contribution in [0.3, 0.4) is 0 Å². The Morgan fingerprint density at radius 1 is 0.810 bits per heavy atom. The average Bonchev–Trinajstić information content (AvgIpc) is 2.45. The van der Waals surface area contributed by atoms with Crippen molar-refractivity contribution >= 4 is 26.9 Å². The van der Waals surface area contributed by atoms with E-state index in [1.807, 2.05) is 43.3 Å². The maximum absolute atomic E-state index is 11.4. The van der Waals surface area contributed by atoms with Crippen molar-refractivity contribution < 1.29 is 8.42 Å². The Hall–Kier alpha value is -2.21. The lowest BCUT2D eigenvalue weighted by atomic mass is 10.3. The van der Waals surface area contributed by atoms with Gasteiger partial charge in [0.2, 0.25) is 0 Å². The van der Waals surface area contributed by atoms with E-state index in [-0.39, 0.29) is 4.90 Å². The SMILES string of the molecule is CN(C)c1ccc(N=Nc2ccc(S(C)(=O)=O)cc2)cc1. The molecular weight excluding hydrogens is 286 g/mol. The fourth-order valence-electron chi connectivity index (χ4n) is 1.69. The third-order valence-electron chi connectivity index (χ3n) is 2.91. The van der Waals surface area contributed by atoms with Crippen LogP contribution in [-0.2, 0) is 9.84 Å². The van der Waals surface area contributed by atoms with Crippen molar-refractivity contribution in [2.45, 2.75) is 4.90 Å². The van der Waals surface area contributed by atoms with Crippen LogP contribution in [0.25, 0.3) is 0 Å². The Labute approximate surface area is 124 Å². The first-order valence-electron chi connectivity index (χ1n) is 6.35. The number of benzene rings is 2. The van der Waals surface area contributed by atoms with Crippen LogP contribution < -0.4 is 4.90 Å². The molecule has 0 aliphatic heterocycles. The summed E-state index contributed by atoms with van der Waals surface area (Å²) in [4.78, 5) is 2.28. The lowest BCUT2D eigenvalue weighted by Crippen LogP contribution is -2.07. The number of hydrogen-bond acceptors (Lipinski definition) is 5. The molecule has 0 atom stereocenters. The van der Waals surface area contributed by atoms with Gasteiger partial charge in [0.05, 0.1) is 16.3 Å². The fraction of sp³-hybridized carbons (Fsp3) is 0.200. The van der Waals surface area contributed by atoms with Crippen LogP contribution in [0.5, 0.6) is 0 Å². The van der Waals surface area contributed by atoms with Gasteiger partial charge in [0, 0.05) is 26.0 Å². The molecule has 0 N–H and O–H groups in total. The topological polar surface area (TPSA) is 62.1 Å². The first-order valence-corrected chi connectivity index (χ1v) is 8.25. The van der Waals surface area contributed by atoms with E-state index in [0.717, 1.165) is 11.4 Å². The molecule has 0 saturated carbocycles. The number of sulfone groups is 1. The lowest BCUT2D eigenvalue weighted by Gasteiger charge is -2.11. The molecular formula is C15H17N3O2S. The standard InChI is InChI=1S/C15H17N3O2S/c1-18(2)14-8-4-12(5-9-14)16-17-13-6-10-15(11-7-13)21(3,19)20/h4-11H,1-3H3. The number of azo groups is 1. The number of nitrogens with zero attached hydrogens (tertiary/aromatic N) is 3. The molecule has 0 saturated heterocycles. The smallest absolute Gasteiger partial charge is 0.175 e. The van der Waals surface area contributed by atoms with E-state index < -0.39 is 9.84 Å². The highest BCUT2D eigenvalue weighted by molar-refractivity contribution is 7.90. The van der Waals surface area contributed by atoms with Crippen LogP contribution in [-0.4, -0.2) is 28.8 Å². The van der Waals surface area contributed by atoms with Gasteiger partial charge >= 0.3 is 0 Å². The summed E-state index contributed by atoms with van der Waals surface area (Å²) in [5.74, 6) is 0. The van der Waals surface area contributed by atoms with Crippen molar-refractivity contribution in [1.82, 2.24) is 0 Å². The highest BCUT2D eigenvalue weighted by atomic mass is 32.2. The van der Waals surface area contributed by atoms with Gasteiger partial charge in [-0.05, 0) is 48.5 Å². The van der Waals surface area contributed by atoms with Crippen molar-refractivity contribution in [2.24, 2.45) is 10.2 Å². The van der Waals surface area contributed by atoms with E-state index in [2.05, 4.69) is 10.2 Å². The van der Waals surface area contributed by atoms with Gasteiger partial charge in [-0.2, -0.15) is 10.2 Å². The van der Waals surface area contributed by atoms with Crippen LogP contribution >= 0.6 is 0 Å². The zero-order valence-electron chi connectivity index (χ0n) is 12.2. The molecule has 21 heavy (non-hydrogen) atoms. The Balaban J connectivity index is 2.14. The predicted molar refractivity (Wildman–Crippen MR) is 84.5 cm³/mol. The quantitative estimate of drug-likeness (QED) is 0.811. The zero-order valence-corrected chi connectivity index (χ0v) is 13.0. The predicted octanol–water partition coefficient (Wildman–Crippen LogP) is 3.57. The van der Waals surface area contributed by atoms with Gasteiger partial charge < -0.3 is 4.90 Å². The number of anilines is 1. The van der Waals surface area contributed by atoms with Crippen molar-refractivity contribution in [1.29, 1.82) is 0 Å². The minimum absolute atomic E-state index is 0.275. The van der Waals surface area contributed by atoms with Gasteiger partial charge in [0.1, 0.15) is 0 Å². The molecule has 0 unspecified atom stereocenters. The zero-order chi connectivity index (χ0) is 15.5. The van der Waals surface area contributed by atoms with Crippen LogP contribution in [0.15, 0.2) is 63.7 Å². The molecule has 0 radical (unpaired) electrons. The summed E-state index contributed by atoms with van der Waals surface area (Å²) in [6, 6.07) is 14.0. The minimum atomic E-state index is -3.18. The second-order valence-corrected chi connectivity index (χ2v) is 6.89. The van der Waals surface area contributed by atoms with Gasteiger partial charge in [-0.15, -0.1) is 0 Å². The molecule has 0 amide bonds. The van der Waals surface area contributed by atoms with Crippen molar-refractivity contribution in [3.05, 3.63) is 48.5 Å². The normalized spacial score (nSPS) is 11.8. The molecule has 0 aliphatic rings. The number of hydrogen-bond donors (Lipinski definition) is 0. The van der Waals surface area contributed by atoms with Gasteiger partial charge in [-0.3, -0.25) is 0 Å². The second kappa shape index (κ2) is 6.05. The van der Waals surface area contributed by atoms with E-state index in [0.29, 0.717) is 5.69 Å². The summed E-state index contributed by atoms with van der Waals surface area (Å²) in [7, 11) is 0.768. The Kier molecular flexibility index (Phi) is 4.37. The maximum atomic E-state index is 11.4. The first kappa shape index (κ1) is 15.2. The van der Waals surface area contributed by atoms with Crippen molar-refractivity contribution in [2.75, 3.05) is 25.3 Å². The fourth-order valence-corrected chi connectivity index (χ4v) is 2.32. The molecule has 2 rings (SSSR count). The molecule has 0 heterocycles. The third-order valence-corrected chi connectivity index (χ3v) is 4.04. The highest BCUT2D eigenvalue weighted by Gasteiger charge is 2.05. The Morgan fingerprint density at radius 3 is 1.62 bits per heavy atom. The molecule has 5 nitrogen and oxygen atoms in total. The van der Waals surface area contributed by atoms with E-state index in [1.165, 1.54) is 18.4 Å². The summed E-state index contributed by atoms with van der Waals surface area (Å²) < 4.78 is 22.7.